The second kappa shape index (κ2) is 15.5. The minimum Gasteiger partial charge on any atom is -0.407 e. The Balaban J connectivity index is 6.28. The monoisotopic (exact) mass is 576 g/mol. The molecule has 0 saturated carbocycles. The molecule has 0 spiro atoms. The first-order chi connectivity index (χ1) is 14.7. The van der Waals surface area contributed by atoms with Gasteiger partial charge in [-0.25, -0.2) is 0 Å². The maximum Gasteiger partial charge on any atom is 0.193 e. The molecule has 0 aliphatic rings. The quantitative estimate of drug-likeness (QED) is 0.0609. The molecule has 0 unspecified atom stereocenters. The van der Waals surface area contributed by atoms with Crippen LogP contribution in [0.1, 0.15) is 55.4 Å². The van der Waals surface area contributed by atoms with Crippen molar-refractivity contribution in [1.29, 1.82) is 0 Å². The van der Waals surface area contributed by atoms with Gasteiger partial charge in [-0.15, -0.1) is 0 Å². The highest BCUT2D eigenvalue weighted by atomic mass is 127. The van der Waals surface area contributed by atoms with Crippen molar-refractivity contribution in [1.82, 2.24) is 0 Å². The maximum absolute atomic E-state index is 10.8. The van der Waals surface area contributed by atoms with Crippen LogP contribution >= 0.6 is 22.6 Å². The summed E-state index contributed by atoms with van der Waals surface area (Å²) >= 11 is 2.29. The number of hydrogen-bond donors (Lipinski definition) is 0. The Hall–Kier alpha value is -0.286. The summed E-state index contributed by atoms with van der Waals surface area (Å²) in [6.45, 7) is 17.6. The third kappa shape index (κ3) is 9.62. The molecule has 0 aromatic carbocycles. The maximum atomic E-state index is 10.8. The van der Waals surface area contributed by atoms with Crippen LogP contribution in [0.4, 0.5) is 0 Å². The Bertz CT molecular complexity index is 618. The second-order valence-corrected chi connectivity index (χ2v) is 18.5. The van der Waals surface area contributed by atoms with Gasteiger partial charge in [0.15, 0.2) is 16.6 Å². The molecule has 0 aliphatic carbocycles. The smallest absolute Gasteiger partial charge is 0.193 e. The first-order valence-electron chi connectivity index (χ1n) is 11.8. The van der Waals surface area contributed by atoms with Crippen molar-refractivity contribution in [3.05, 3.63) is 46.1 Å². The van der Waals surface area contributed by atoms with Crippen molar-refractivity contribution in [2.45, 2.75) is 103 Å². The van der Waals surface area contributed by atoms with Crippen LogP contribution < -0.4 is 0 Å². The average Bonchev–Trinajstić information content (AvgIpc) is 2.80. The van der Waals surface area contributed by atoms with Crippen LogP contribution in [0, 0.1) is 0 Å². The van der Waals surface area contributed by atoms with E-state index in [4.69, 9.17) is 8.85 Å². The summed E-state index contributed by atoms with van der Waals surface area (Å²) in [7, 11) is -3.70. The van der Waals surface area contributed by atoms with Crippen LogP contribution in [0.25, 0.3) is 0 Å². The van der Waals surface area contributed by atoms with Crippen LogP contribution in [0.15, 0.2) is 46.1 Å². The Labute approximate surface area is 207 Å². The zero-order valence-electron chi connectivity index (χ0n) is 21.0. The molecule has 0 aromatic rings. The summed E-state index contributed by atoms with van der Waals surface area (Å²) in [4.78, 5) is 10.8. The fourth-order valence-electron chi connectivity index (χ4n) is 3.86. The van der Waals surface area contributed by atoms with Gasteiger partial charge in [-0.1, -0.05) is 94.5 Å². The zero-order valence-corrected chi connectivity index (χ0v) is 25.2. The second-order valence-electron chi connectivity index (χ2n) is 8.40. The number of rotatable bonds is 16. The lowest BCUT2D eigenvalue weighted by molar-refractivity contribution is -0.104. The fraction of sp³-hybridized carbons (Fsp3) is 0.640. The van der Waals surface area contributed by atoms with E-state index >= 15 is 0 Å². The number of carbonyl (C=O) groups is 1. The van der Waals surface area contributed by atoms with Gasteiger partial charge in [-0.05, 0) is 65.8 Å². The van der Waals surface area contributed by atoms with E-state index in [0.29, 0.717) is 5.57 Å². The van der Waals surface area contributed by atoms with E-state index in [1.165, 1.54) is 0 Å². The molecule has 3 nitrogen and oxygen atoms in total. The number of halogens is 1. The predicted molar refractivity (Wildman–Crippen MR) is 150 cm³/mol. The van der Waals surface area contributed by atoms with Crippen molar-refractivity contribution < 1.29 is 13.6 Å². The van der Waals surface area contributed by atoms with Crippen LogP contribution in [-0.2, 0) is 13.6 Å². The van der Waals surface area contributed by atoms with Gasteiger partial charge >= 0.3 is 0 Å². The Morgan fingerprint density at radius 3 is 1.84 bits per heavy atom. The molecule has 0 rings (SSSR count). The molecule has 0 heterocycles. The lowest BCUT2D eigenvalue weighted by Gasteiger charge is -2.45. The molecule has 0 fully saturated rings. The van der Waals surface area contributed by atoms with Gasteiger partial charge in [-0.3, -0.25) is 4.79 Å². The molecule has 6 heteroatoms. The van der Waals surface area contributed by atoms with E-state index < -0.39 is 22.2 Å². The van der Waals surface area contributed by atoms with Crippen molar-refractivity contribution in [3.63, 3.8) is 0 Å². The van der Waals surface area contributed by atoms with E-state index in [1.807, 2.05) is 24.3 Å². The normalized spacial score (nSPS) is 17.0. The fourth-order valence-corrected chi connectivity index (χ4v) is 10.1. The van der Waals surface area contributed by atoms with E-state index in [2.05, 4.69) is 87.3 Å². The van der Waals surface area contributed by atoms with Crippen molar-refractivity contribution in [3.8, 4) is 0 Å². The van der Waals surface area contributed by atoms with Gasteiger partial charge in [0.05, 0.1) is 6.10 Å². The van der Waals surface area contributed by atoms with Gasteiger partial charge in [0.25, 0.3) is 0 Å². The molecule has 31 heavy (non-hydrogen) atoms. The van der Waals surface area contributed by atoms with Crippen LogP contribution in [0.3, 0.4) is 0 Å². The summed E-state index contributed by atoms with van der Waals surface area (Å²) < 4.78 is 16.2. The zero-order chi connectivity index (χ0) is 24.0. The minimum atomic E-state index is -1.88. The van der Waals surface area contributed by atoms with Gasteiger partial charge in [-0.2, -0.15) is 0 Å². The molecule has 0 amide bonds. The van der Waals surface area contributed by atoms with Gasteiger partial charge in [0, 0.05) is 0 Å². The van der Waals surface area contributed by atoms with E-state index in [0.717, 1.165) is 42.6 Å². The Morgan fingerprint density at radius 2 is 1.42 bits per heavy atom. The van der Waals surface area contributed by atoms with Crippen molar-refractivity contribution in [2.24, 2.45) is 0 Å². The molecule has 2 atom stereocenters. The Morgan fingerprint density at radius 1 is 0.903 bits per heavy atom. The molecule has 0 aromatic heterocycles. The lowest BCUT2D eigenvalue weighted by Crippen LogP contribution is -2.54. The van der Waals surface area contributed by atoms with Gasteiger partial charge in [0.1, 0.15) is 11.9 Å². The molecule has 0 saturated heterocycles. The first-order valence-corrected chi connectivity index (χ1v) is 18.1. The van der Waals surface area contributed by atoms with Crippen molar-refractivity contribution in [2.75, 3.05) is 0 Å². The highest BCUT2D eigenvalue weighted by Gasteiger charge is 2.44. The number of allylic oxidation sites excluding steroid dienone is 5. The third-order valence-electron chi connectivity index (χ3n) is 6.69. The summed E-state index contributed by atoms with van der Waals surface area (Å²) in [6.07, 6.45) is 12.8. The average molecular weight is 577 g/mol. The molecule has 0 bridgehead atoms. The highest BCUT2D eigenvalue weighted by molar-refractivity contribution is 14.1. The van der Waals surface area contributed by atoms with E-state index in [9.17, 15) is 4.79 Å². The van der Waals surface area contributed by atoms with Crippen LogP contribution in [-0.4, -0.2) is 34.6 Å². The first kappa shape index (κ1) is 30.7. The number of carbonyl (C=O) groups excluding carboxylic acids is 1. The number of aldehydes is 1. The summed E-state index contributed by atoms with van der Waals surface area (Å²) in [6, 6.07) is 6.62. The largest absolute Gasteiger partial charge is 0.407 e. The summed E-state index contributed by atoms with van der Waals surface area (Å²) in [5.41, 5.74) is 0.165. The molecular weight excluding hydrogens is 531 g/mol. The van der Waals surface area contributed by atoms with Crippen LogP contribution in [0.2, 0.25) is 36.3 Å². The SMILES string of the molecule is CC[Si](CC)(CC)O[C@H](/C=C/I)[C@@](C)(/C=C/C=C/C=C(\C)C=O)O[Si](CC)(CC)CC. The summed E-state index contributed by atoms with van der Waals surface area (Å²) in [5.74, 6) is 0. The van der Waals surface area contributed by atoms with Crippen LogP contribution in [0.5, 0.6) is 0 Å². The topological polar surface area (TPSA) is 35.5 Å². The number of hydrogen-bond acceptors (Lipinski definition) is 3. The molecule has 178 valence electrons. The third-order valence-corrected chi connectivity index (χ3v) is 16.5. The van der Waals surface area contributed by atoms with Gasteiger partial charge < -0.3 is 8.85 Å². The predicted octanol–water partition coefficient (Wildman–Crippen LogP) is 8.36. The molecular formula is C25H45IO3Si2. The summed E-state index contributed by atoms with van der Waals surface area (Å²) in [5, 5.41) is 0. The van der Waals surface area contributed by atoms with E-state index in [1.54, 1.807) is 6.92 Å². The van der Waals surface area contributed by atoms with Gasteiger partial charge in [0.2, 0.25) is 0 Å². The van der Waals surface area contributed by atoms with E-state index in [-0.39, 0.29) is 6.10 Å². The minimum absolute atomic E-state index is 0.121. The molecule has 0 N–H and O–H groups in total. The highest BCUT2D eigenvalue weighted by Crippen LogP contribution is 2.36. The lowest BCUT2D eigenvalue weighted by atomic mass is 9.98. The molecule has 0 radical (unpaired) electrons. The van der Waals surface area contributed by atoms with Crippen molar-refractivity contribution >= 4 is 45.5 Å². The standard InChI is InChI=1S/C25H45IO3Si2/c1-9-30(10-2,11-3)28-24(19-21-26)25(8,29-31(12-4,13-5)14-6)20-17-15-16-18-23(7)22-27/h15-22,24H,9-14H2,1-8H3/b16-15+,20-17+,21-19+,23-18+/t24-,25-/m1/s1. The molecule has 0 aliphatic heterocycles. The Kier molecular flexibility index (Phi) is 15.4.